The smallest absolute Gasteiger partial charge is 0.228 e. The van der Waals surface area contributed by atoms with Crippen LogP contribution in [0.5, 0.6) is 0 Å². The zero-order chi connectivity index (χ0) is 19.7. The molecular weight excluding hydrogens is 344 g/mol. The first kappa shape index (κ1) is 18.0. The third-order valence-electron chi connectivity index (χ3n) is 5.63. The van der Waals surface area contributed by atoms with Gasteiger partial charge in [-0.15, -0.1) is 0 Å². The average molecular weight is 366 g/mol. The highest BCUT2D eigenvalue weighted by Gasteiger charge is 2.60. The summed E-state index contributed by atoms with van der Waals surface area (Å²) >= 11 is 0. The number of hydrogen-bond donors (Lipinski definition) is 1. The van der Waals surface area contributed by atoms with Crippen molar-refractivity contribution in [3.63, 3.8) is 0 Å². The first-order chi connectivity index (χ1) is 13.5. The summed E-state index contributed by atoms with van der Waals surface area (Å²) < 4.78 is 0. The number of nitriles is 1. The van der Waals surface area contributed by atoms with Crippen LogP contribution < -0.4 is 5.32 Å². The number of carbonyl (C=O) groups is 1. The zero-order valence-electron chi connectivity index (χ0n) is 16.1. The highest BCUT2D eigenvalue weighted by Crippen LogP contribution is 2.59. The summed E-state index contributed by atoms with van der Waals surface area (Å²) in [5.74, 6) is -0.0977. The molecule has 1 N–H and O–H groups in total. The summed E-state index contributed by atoms with van der Waals surface area (Å²) in [7, 11) is 0. The van der Waals surface area contributed by atoms with Gasteiger partial charge in [0.2, 0.25) is 5.91 Å². The molecule has 4 rings (SSSR count). The van der Waals surface area contributed by atoms with Crippen LogP contribution in [0.2, 0.25) is 0 Å². The van der Waals surface area contributed by atoms with Gasteiger partial charge in [0.05, 0.1) is 17.6 Å². The fourth-order valence-corrected chi connectivity index (χ4v) is 4.09. The number of anilines is 1. The van der Waals surface area contributed by atoms with Crippen molar-refractivity contribution in [1.82, 2.24) is 0 Å². The summed E-state index contributed by atoms with van der Waals surface area (Å²) in [5, 5.41) is 12.0. The lowest BCUT2D eigenvalue weighted by molar-refractivity contribution is -0.117. The minimum Gasteiger partial charge on any atom is -0.326 e. The molecular formula is C25H22N2O. The number of amides is 1. The molecule has 1 saturated carbocycles. The number of hydrogen-bond acceptors (Lipinski definition) is 2. The number of aryl methyl sites for hydroxylation is 2. The van der Waals surface area contributed by atoms with E-state index >= 15 is 0 Å². The van der Waals surface area contributed by atoms with Crippen LogP contribution in [0, 0.1) is 31.1 Å². The van der Waals surface area contributed by atoms with Crippen LogP contribution in [0.3, 0.4) is 0 Å². The van der Waals surface area contributed by atoms with Gasteiger partial charge in [0, 0.05) is 11.1 Å². The summed E-state index contributed by atoms with van der Waals surface area (Å²) in [5.41, 5.74) is 5.80. The summed E-state index contributed by atoms with van der Waals surface area (Å²) in [6.07, 6.45) is 0.794. The van der Waals surface area contributed by atoms with Gasteiger partial charge in [-0.25, -0.2) is 0 Å². The largest absolute Gasteiger partial charge is 0.326 e. The first-order valence-corrected chi connectivity index (χ1v) is 9.48. The van der Waals surface area contributed by atoms with Crippen LogP contribution >= 0.6 is 0 Å². The summed E-state index contributed by atoms with van der Waals surface area (Å²) in [6, 6.07) is 26.0. The Balaban J connectivity index is 1.67. The lowest BCUT2D eigenvalue weighted by atomic mass is 9.84. The van der Waals surface area contributed by atoms with Gasteiger partial charge in [-0.2, -0.15) is 5.26 Å². The van der Waals surface area contributed by atoms with E-state index in [2.05, 4.69) is 73.8 Å². The highest BCUT2D eigenvalue weighted by atomic mass is 16.2. The maximum Gasteiger partial charge on any atom is 0.228 e. The van der Waals surface area contributed by atoms with Crippen molar-refractivity contribution in [1.29, 1.82) is 5.26 Å². The standard InChI is InChI=1S/C25H22N2O/c1-17-5-3-7-20(13-17)25(21-8-4-6-18(2)14-21)15-23(25)24(28)27-22-11-9-19(16-26)10-12-22/h3-14,23H,15H2,1-2H3,(H,27,28)/t23-/m0/s1. The summed E-state index contributed by atoms with van der Waals surface area (Å²) in [6.45, 7) is 4.17. The molecule has 0 heterocycles. The van der Waals surface area contributed by atoms with Gasteiger partial charge < -0.3 is 5.32 Å². The molecule has 1 aliphatic carbocycles. The number of rotatable bonds is 4. The van der Waals surface area contributed by atoms with Gasteiger partial charge in [0.1, 0.15) is 0 Å². The van der Waals surface area contributed by atoms with Crippen molar-refractivity contribution < 1.29 is 4.79 Å². The molecule has 0 aromatic heterocycles. The Hall–Kier alpha value is -3.38. The molecule has 1 fully saturated rings. The van der Waals surface area contributed by atoms with Gasteiger partial charge in [0.25, 0.3) is 0 Å². The molecule has 0 aliphatic heterocycles. The normalized spacial score (nSPS) is 16.8. The Kier molecular flexibility index (Phi) is 4.49. The molecule has 28 heavy (non-hydrogen) atoms. The van der Waals surface area contributed by atoms with Crippen LogP contribution in [0.4, 0.5) is 5.69 Å². The van der Waals surface area contributed by atoms with E-state index in [1.807, 2.05) is 0 Å². The number of carbonyl (C=O) groups excluding carboxylic acids is 1. The summed E-state index contributed by atoms with van der Waals surface area (Å²) in [4.78, 5) is 13.1. The van der Waals surface area contributed by atoms with E-state index < -0.39 is 0 Å². The molecule has 0 saturated heterocycles. The van der Waals surface area contributed by atoms with Crippen molar-refractivity contribution >= 4 is 11.6 Å². The topological polar surface area (TPSA) is 52.9 Å². The molecule has 0 spiro atoms. The molecule has 3 heteroatoms. The van der Waals surface area contributed by atoms with Crippen molar-refractivity contribution in [3.8, 4) is 6.07 Å². The number of nitrogens with one attached hydrogen (secondary N) is 1. The second kappa shape index (κ2) is 6.98. The molecule has 0 bridgehead atoms. The van der Waals surface area contributed by atoms with Gasteiger partial charge in [-0.05, 0) is 55.7 Å². The predicted molar refractivity (Wildman–Crippen MR) is 111 cm³/mol. The van der Waals surface area contributed by atoms with Crippen LogP contribution in [0.25, 0.3) is 0 Å². The highest BCUT2D eigenvalue weighted by molar-refractivity contribution is 5.97. The quantitative estimate of drug-likeness (QED) is 0.697. The van der Waals surface area contributed by atoms with E-state index in [1.54, 1.807) is 24.3 Å². The molecule has 1 amide bonds. The van der Waals surface area contributed by atoms with Gasteiger partial charge in [-0.1, -0.05) is 59.7 Å². The van der Waals surface area contributed by atoms with Gasteiger partial charge in [0.15, 0.2) is 0 Å². The molecule has 0 unspecified atom stereocenters. The number of nitrogens with zero attached hydrogens (tertiary/aromatic N) is 1. The first-order valence-electron chi connectivity index (χ1n) is 9.48. The van der Waals surface area contributed by atoms with E-state index in [0.29, 0.717) is 5.56 Å². The SMILES string of the molecule is Cc1cccc(C2(c3cccc(C)c3)C[C@H]2C(=O)Nc2ccc(C#N)cc2)c1. The lowest BCUT2D eigenvalue weighted by Crippen LogP contribution is -2.22. The Labute approximate surface area is 165 Å². The van der Waals surface area contributed by atoms with E-state index in [1.165, 1.54) is 22.3 Å². The van der Waals surface area contributed by atoms with Crippen LogP contribution in [-0.4, -0.2) is 5.91 Å². The molecule has 0 radical (unpaired) electrons. The minimum atomic E-state index is -0.283. The van der Waals surface area contributed by atoms with Crippen molar-refractivity contribution in [2.24, 2.45) is 5.92 Å². The molecule has 138 valence electrons. The maximum atomic E-state index is 13.1. The maximum absolute atomic E-state index is 13.1. The van der Waals surface area contributed by atoms with Crippen molar-refractivity contribution in [2.45, 2.75) is 25.7 Å². The van der Waals surface area contributed by atoms with E-state index in [-0.39, 0.29) is 17.2 Å². The molecule has 1 atom stereocenters. The third-order valence-corrected chi connectivity index (χ3v) is 5.63. The average Bonchev–Trinajstić information content (AvgIpc) is 3.46. The Morgan fingerprint density at radius 3 is 2.04 bits per heavy atom. The van der Waals surface area contributed by atoms with E-state index in [9.17, 15) is 4.79 Å². The lowest BCUT2D eigenvalue weighted by Gasteiger charge is -2.20. The van der Waals surface area contributed by atoms with Crippen LogP contribution in [0.1, 0.15) is 34.2 Å². The Morgan fingerprint density at radius 2 is 1.54 bits per heavy atom. The predicted octanol–water partition coefficient (Wildman–Crippen LogP) is 5.12. The molecule has 3 aromatic rings. The third kappa shape index (κ3) is 3.18. The van der Waals surface area contributed by atoms with Crippen molar-refractivity contribution in [2.75, 3.05) is 5.32 Å². The Bertz CT molecular complexity index is 1030. The fourth-order valence-electron chi connectivity index (χ4n) is 4.09. The van der Waals surface area contributed by atoms with Gasteiger partial charge in [-0.3, -0.25) is 4.79 Å². The molecule has 3 aromatic carbocycles. The van der Waals surface area contributed by atoms with Crippen LogP contribution in [-0.2, 0) is 10.2 Å². The second-order valence-corrected chi connectivity index (χ2v) is 7.65. The second-order valence-electron chi connectivity index (χ2n) is 7.65. The fraction of sp³-hybridized carbons (Fsp3) is 0.200. The van der Waals surface area contributed by atoms with E-state index in [4.69, 9.17) is 5.26 Å². The van der Waals surface area contributed by atoms with Crippen molar-refractivity contribution in [3.05, 3.63) is 101 Å². The molecule has 3 nitrogen and oxygen atoms in total. The number of benzene rings is 3. The molecule has 1 aliphatic rings. The van der Waals surface area contributed by atoms with E-state index in [0.717, 1.165) is 12.1 Å². The Morgan fingerprint density at radius 1 is 0.964 bits per heavy atom. The van der Waals surface area contributed by atoms with Gasteiger partial charge >= 0.3 is 0 Å². The zero-order valence-corrected chi connectivity index (χ0v) is 16.1. The minimum absolute atomic E-state index is 0.0210. The monoisotopic (exact) mass is 366 g/mol. The van der Waals surface area contributed by atoms with Crippen LogP contribution in [0.15, 0.2) is 72.8 Å².